The molecule has 1 aliphatic heterocycles. The number of fused-ring (bicyclic) bond motifs is 2. The van der Waals surface area contributed by atoms with Crippen LogP contribution in [0.2, 0.25) is 0 Å². The summed E-state index contributed by atoms with van der Waals surface area (Å²) >= 11 is 0. The van der Waals surface area contributed by atoms with Crippen molar-refractivity contribution < 1.29 is 27.5 Å². The van der Waals surface area contributed by atoms with Crippen molar-refractivity contribution in [3.63, 3.8) is 0 Å². The first-order valence-corrected chi connectivity index (χ1v) is 14.8. The fourth-order valence-corrected chi connectivity index (χ4v) is 5.43. The summed E-state index contributed by atoms with van der Waals surface area (Å²) in [7, 11) is -0.552. The second kappa shape index (κ2) is 12.8. The Morgan fingerprint density at radius 3 is 2.37 bits per heavy atom. The lowest BCUT2D eigenvalue weighted by Crippen LogP contribution is -2.60. The van der Waals surface area contributed by atoms with E-state index >= 15 is 0 Å². The van der Waals surface area contributed by atoms with E-state index in [-0.39, 0.29) is 19.0 Å². The molecule has 0 saturated carbocycles. The molecule has 3 aromatic rings. The van der Waals surface area contributed by atoms with Crippen molar-refractivity contribution in [2.24, 2.45) is 0 Å². The first kappa shape index (κ1) is 31.8. The van der Waals surface area contributed by atoms with Crippen LogP contribution in [0.1, 0.15) is 19.4 Å². The highest BCUT2D eigenvalue weighted by Gasteiger charge is 2.43. The van der Waals surface area contributed by atoms with Crippen molar-refractivity contribution in [1.29, 1.82) is 0 Å². The van der Waals surface area contributed by atoms with Crippen molar-refractivity contribution >= 4 is 62.2 Å². The number of para-hydroxylation sites is 3. The molecule has 3 amide bonds. The highest BCUT2D eigenvalue weighted by molar-refractivity contribution is 7.91. The average Bonchev–Trinajstić information content (AvgIpc) is 3.00. The molecule has 3 atom stereocenters. The second-order valence-electron chi connectivity index (χ2n) is 9.81. The number of methoxy groups -OCH3 is 1. The van der Waals surface area contributed by atoms with Gasteiger partial charge in [-0.25, -0.2) is 8.42 Å². The number of aromatic nitrogens is 1. The van der Waals surface area contributed by atoms with Gasteiger partial charge in [0.15, 0.2) is 9.84 Å². The minimum atomic E-state index is -3.69. The smallest absolute Gasteiger partial charge is 0.252 e. The Morgan fingerprint density at radius 1 is 1.10 bits per heavy atom. The molecule has 0 spiro atoms. The maximum absolute atomic E-state index is 14.3. The van der Waals surface area contributed by atoms with Gasteiger partial charge in [0.1, 0.15) is 17.5 Å². The number of nitrogens with one attached hydrogen (secondary N) is 2. The molecule has 0 aliphatic carbocycles. The van der Waals surface area contributed by atoms with Crippen molar-refractivity contribution in [2.75, 3.05) is 36.0 Å². The van der Waals surface area contributed by atoms with E-state index in [1.54, 1.807) is 51.4 Å². The zero-order chi connectivity index (χ0) is 29.2. The lowest BCUT2D eigenvalue weighted by Gasteiger charge is -2.32. The van der Waals surface area contributed by atoms with Gasteiger partial charge in [0.25, 0.3) is 5.91 Å². The van der Waals surface area contributed by atoms with Crippen LogP contribution in [0.5, 0.6) is 5.75 Å². The number of ether oxygens (including phenoxy) is 1. The Labute approximate surface area is 245 Å². The topological polar surface area (TPSA) is 138 Å². The van der Waals surface area contributed by atoms with Crippen molar-refractivity contribution in [1.82, 2.24) is 15.6 Å². The predicted octanol–water partition coefficient (Wildman–Crippen LogP) is 2.07. The van der Waals surface area contributed by atoms with Gasteiger partial charge in [-0.3, -0.25) is 19.4 Å². The lowest BCUT2D eigenvalue weighted by atomic mass is 10.0. The Hall–Kier alpha value is -3.74. The zero-order valence-electron chi connectivity index (χ0n) is 23.5. The molecule has 2 heterocycles. The number of nitrogens with zero attached hydrogens (tertiary/aromatic N) is 3. The molecule has 1 aromatic heterocycles. The molecular formula is C28H34ClN5O6S. The van der Waals surface area contributed by atoms with E-state index in [1.165, 1.54) is 16.9 Å². The largest absolute Gasteiger partial charge is 0.495 e. The third-order valence-corrected chi connectivity index (χ3v) is 7.79. The van der Waals surface area contributed by atoms with Crippen LogP contribution in [0.15, 0.2) is 54.7 Å². The third-order valence-electron chi connectivity index (χ3n) is 7.02. The van der Waals surface area contributed by atoms with E-state index in [0.717, 1.165) is 11.6 Å². The lowest BCUT2D eigenvalue weighted by molar-refractivity contribution is -0.129. The van der Waals surface area contributed by atoms with Crippen LogP contribution >= 0.6 is 12.4 Å². The van der Waals surface area contributed by atoms with Gasteiger partial charge in [-0.2, -0.15) is 0 Å². The van der Waals surface area contributed by atoms with Gasteiger partial charge in [0, 0.05) is 17.2 Å². The summed E-state index contributed by atoms with van der Waals surface area (Å²) in [6.07, 6.45) is 2.57. The monoisotopic (exact) mass is 603 g/mol. The van der Waals surface area contributed by atoms with Gasteiger partial charge in [-0.05, 0) is 39.1 Å². The second-order valence-corrected chi connectivity index (χ2v) is 11.9. The Morgan fingerprint density at radius 2 is 1.73 bits per heavy atom. The Kier molecular flexibility index (Phi) is 9.95. The summed E-state index contributed by atoms with van der Waals surface area (Å²) < 4.78 is 29.8. The highest BCUT2D eigenvalue weighted by Crippen LogP contribution is 2.38. The number of hydrogen-bond acceptors (Lipinski definition) is 8. The van der Waals surface area contributed by atoms with Crippen molar-refractivity contribution in [2.45, 2.75) is 38.5 Å². The molecule has 2 N–H and O–H groups in total. The molecule has 2 aromatic carbocycles. The minimum Gasteiger partial charge on any atom is -0.495 e. The number of sulfone groups is 1. The maximum atomic E-state index is 14.3. The quantitative estimate of drug-likeness (QED) is 0.399. The summed E-state index contributed by atoms with van der Waals surface area (Å²) in [5.74, 6) is -1.90. The summed E-state index contributed by atoms with van der Waals surface area (Å²) in [5, 5.41) is 6.42. The van der Waals surface area contributed by atoms with Crippen molar-refractivity contribution in [3.8, 4) is 5.75 Å². The van der Waals surface area contributed by atoms with Crippen LogP contribution in [0.25, 0.3) is 10.9 Å². The number of hydrogen-bond donors (Lipinski definition) is 2. The number of halogens is 1. The average molecular weight is 604 g/mol. The normalized spacial score (nSPS) is 17.7. The first-order valence-electron chi connectivity index (χ1n) is 12.7. The maximum Gasteiger partial charge on any atom is 0.252 e. The van der Waals surface area contributed by atoms with Gasteiger partial charge in [-0.1, -0.05) is 30.3 Å². The SMILES string of the molecule is CN[C@@H](C)C(=O)N[C@@H]1C(=O)N(Cc2c(OC)cnc3ccccc23)c2ccccc2N(C(=O)CS(C)(=O)=O)[C@H]1C.Cl. The van der Waals surface area contributed by atoms with Crippen LogP contribution in [-0.4, -0.2) is 75.4 Å². The van der Waals surface area contributed by atoms with Crippen molar-refractivity contribution in [3.05, 3.63) is 60.3 Å². The number of anilines is 2. The third kappa shape index (κ3) is 6.61. The molecular weight excluding hydrogens is 570 g/mol. The van der Waals surface area contributed by atoms with E-state index in [4.69, 9.17) is 4.74 Å². The van der Waals surface area contributed by atoms with Gasteiger partial charge in [0.2, 0.25) is 11.8 Å². The molecule has 220 valence electrons. The summed E-state index contributed by atoms with van der Waals surface area (Å²) in [6.45, 7) is 3.31. The number of rotatable bonds is 8. The van der Waals surface area contributed by atoms with Crippen LogP contribution in [0, 0.1) is 0 Å². The number of pyridine rings is 1. The van der Waals surface area contributed by atoms with Crippen LogP contribution in [0.4, 0.5) is 11.4 Å². The minimum absolute atomic E-state index is 0. The van der Waals surface area contributed by atoms with Gasteiger partial charge >= 0.3 is 0 Å². The van der Waals surface area contributed by atoms with E-state index in [0.29, 0.717) is 28.2 Å². The molecule has 11 nitrogen and oxygen atoms in total. The van der Waals surface area contributed by atoms with E-state index in [1.807, 2.05) is 24.3 Å². The van der Waals surface area contributed by atoms with E-state index in [9.17, 15) is 22.8 Å². The van der Waals surface area contributed by atoms with Crippen LogP contribution in [0.3, 0.4) is 0 Å². The molecule has 41 heavy (non-hydrogen) atoms. The molecule has 1 aliphatic rings. The number of benzene rings is 2. The Bertz CT molecular complexity index is 1570. The number of amides is 3. The predicted molar refractivity (Wildman–Crippen MR) is 160 cm³/mol. The number of carbonyl (C=O) groups excluding carboxylic acids is 3. The zero-order valence-corrected chi connectivity index (χ0v) is 25.1. The highest BCUT2D eigenvalue weighted by atomic mass is 35.5. The number of carbonyl (C=O) groups is 3. The molecule has 0 saturated heterocycles. The molecule has 0 radical (unpaired) electrons. The molecule has 0 unspecified atom stereocenters. The molecule has 4 rings (SSSR count). The molecule has 0 bridgehead atoms. The summed E-state index contributed by atoms with van der Waals surface area (Å²) in [6, 6.07) is 11.5. The Balaban J connectivity index is 0.00000462. The van der Waals surface area contributed by atoms with Crippen LogP contribution in [-0.2, 0) is 30.8 Å². The van der Waals surface area contributed by atoms with Gasteiger partial charge in [0.05, 0.1) is 48.8 Å². The van der Waals surface area contributed by atoms with Crippen LogP contribution < -0.4 is 25.2 Å². The summed E-state index contributed by atoms with van der Waals surface area (Å²) in [5.41, 5.74) is 2.14. The fourth-order valence-electron chi connectivity index (χ4n) is 4.84. The molecule has 13 heteroatoms. The first-order chi connectivity index (χ1) is 19.0. The van der Waals surface area contributed by atoms with Gasteiger partial charge in [-0.15, -0.1) is 12.4 Å². The van der Waals surface area contributed by atoms with E-state index in [2.05, 4.69) is 15.6 Å². The van der Waals surface area contributed by atoms with E-state index < -0.39 is 51.4 Å². The standard InChI is InChI=1S/C28H33N5O6S.ClH/c1-17(29-3)27(35)31-26-18(2)33(25(34)16-40(5,37)38)23-13-9-8-12-22(23)32(28(26)36)15-20-19-10-6-7-11-21(19)30-14-24(20)39-4;/h6-14,17-18,26,29H,15-16H2,1-5H3,(H,31,35);1H/t17-,18-,26-;/m0./s1. The summed E-state index contributed by atoms with van der Waals surface area (Å²) in [4.78, 5) is 48.0. The fraction of sp³-hybridized carbons (Fsp3) is 0.357. The molecule has 0 fully saturated rings. The van der Waals surface area contributed by atoms with Gasteiger partial charge < -0.3 is 25.2 Å². The number of likely N-dealkylation sites (N-methyl/N-ethyl adjacent to an activating group) is 1.